The second-order valence-corrected chi connectivity index (χ2v) is 6.74. The fraction of sp³-hybridized carbons (Fsp3) is 0.923. The molecule has 5 heteroatoms. The van der Waals surface area contributed by atoms with Crippen LogP contribution in [0.5, 0.6) is 0 Å². The first-order valence-corrected chi connectivity index (χ1v) is 7.90. The molecule has 18 heavy (non-hydrogen) atoms. The molecule has 1 N–H and O–H groups in total. The van der Waals surface area contributed by atoms with Crippen molar-refractivity contribution in [3.63, 3.8) is 0 Å². The summed E-state index contributed by atoms with van der Waals surface area (Å²) in [5.41, 5.74) is 0. The normalized spacial score (nSPS) is 30.5. The number of rotatable bonds is 4. The maximum atomic E-state index is 4.60. The lowest BCUT2D eigenvalue weighted by molar-refractivity contribution is 0.116. The Morgan fingerprint density at radius 2 is 2.22 bits per heavy atom. The topological polar surface area (TPSA) is 30.9 Å². The molecule has 2 aliphatic rings. The third kappa shape index (κ3) is 3.87. The molecular formula is C13H26N4S. The number of aliphatic imine (C=N–C) groups is 1. The predicted octanol–water partition coefficient (Wildman–Crippen LogP) is 1.09. The van der Waals surface area contributed by atoms with Crippen LogP contribution in [0.1, 0.15) is 19.8 Å². The zero-order chi connectivity index (χ0) is 13.0. The Balaban J connectivity index is 1.71. The molecule has 1 saturated heterocycles. The molecule has 0 aromatic heterocycles. The Hall–Kier alpha value is -0.260. The van der Waals surface area contributed by atoms with E-state index in [9.17, 15) is 0 Å². The van der Waals surface area contributed by atoms with Gasteiger partial charge in [-0.05, 0) is 20.5 Å². The Bertz CT molecular complexity index is 295. The molecular weight excluding hydrogens is 244 g/mol. The van der Waals surface area contributed by atoms with Crippen LogP contribution < -0.4 is 5.32 Å². The fourth-order valence-electron chi connectivity index (χ4n) is 2.51. The van der Waals surface area contributed by atoms with E-state index in [-0.39, 0.29) is 0 Å². The number of nitrogens with one attached hydrogen (secondary N) is 1. The minimum absolute atomic E-state index is 0.609. The van der Waals surface area contributed by atoms with Crippen LogP contribution in [-0.4, -0.2) is 73.1 Å². The van der Waals surface area contributed by atoms with Crippen molar-refractivity contribution in [2.75, 3.05) is 46.8 Å². The van der Waals surface area contributed by atoms with Crippen LogP contribution in [0, 0.1) is 0 Å². The quantitative estimate of drug-likeness (QED) is 0.828. The lowest BCUT2D eigenvalue weighted by atomic mass is 10.2. The van der Waals surface area contributed by atoms with Gasteiger partial charge in [0.05, 0.1) is 6.54 Å². The van der Waals surface area contributed by atoms with Crippen LogP contribution in [0.25, 0.3) is 0 Å². The maximum Gasteiger partial charge on any atom is 0.156 e. The van der Waals surface area contributed by atoms with E-state index < -0.39 is 0 Å². The largest absolute Gasteiger partial charge is 0.363 e. The first kappa shape index (κ1) is 14.2. The minimum Gasteiger partial charge on any atom is -0.363 e. The summed E-state index contributed by atoms with van der Waals surface area (Å²) in [6.07, 6.45) is 2.54. The predicted molar refractivity (Wildman–Crippen MR) is 80.5 cm³/mol. The highest BCUT2D eigenvalue weighted by Gasteiger charge is 2.24. The molecule has 2 unspecified atom stereocenters. The van der Waals surface area contributed by atoms with E-state index in [4.69, 9.17) is 0 Å². The van der Waals surface area contributed by atoms with Crippen LogP contribution >= 0.6 is 11.8 Å². The zero-order valence-electron chi connectivity index (χ0n) is 11.9. The molecule has 4 nitrogen and oxygen atoms in total. The highest BCUT2D eigenvalue weighted by molar-refractivity contribution is 8.14. The molecule has 2 atom stereocenters. The average molecular weight is 270 g/mol. The summed E-state index contributed by atoms with van der Waals surface area (Å²) in [5.74, 6) is 0. The van der Waals surface area contributed by atoms with Crippen molar-refractivity contribution in [3.8, 4) is 0 Å². The second-order valence-electron chi connectivity index (χ2n) is 5.45. The molecule has 0 aromatic rings. The van der Waals surface area contributed by atoms with Crippen molar-refractivity contribution in [1.29, 1.82) is 0 Å². The first-order valence-electron chi connectivity index (χ1n) is 7.02. The van der Waals surface area contributed by atoms with E-state index >= 15 is 0 Å². The molecule has 2 heterocycles. The summed E-state index contributed by atoms with van der Waals surface area (Å²) in [5, 5.41) is 5.41. The van der Waals surface area contributed by atoms with Crippen LogP contribution in [0.2, 0.25) is 0 Å². The van der Waals surface area contributed by atoms with Gasteiger partial charge in [-0.25, -0.2) is 0 Å². The van der Waals surface area contributed by atoms with Crippen molar-refractivity contribution in [2.45, 2.75) is 31.1 Å². The Morgan fingerprint density at radius 3 is 3.00 bits per heavy atom. The molecule has 0 aliphatic carbocycles. The van der Waals surface area contributed by atoms with Crippen molar-refractivity contribution >= 4 is 16.9 Å². The first-order chi connectivity index (χ1) is 8.69. The van der Waals surface area contributed by atoms with Crippen molar-refractivity contribution < 1.29 is 0 Å². The Kier molecular flexibility index (Phi) is 5.33. The highest BCUT2D eigenvalue weighted by atomic mass is 32.2. The SMILES string of the molecule is CCCC1CN=C(NCC2CN(C)CCN2C)S1. The maximum absolute atomic E-state index is 4.60. The number of piperazine rings is 1. The number of hydrogen-bond donors (Lipinski definition) is 1. The summed E-state index contributed by atoms with van der Waals surface area (Å²) in [4.78, 5) is 9.47. The van der Waals surface area contributed by atoms with Crippen LogP contribution in [0.3, 0.4) is 0 Å². The summed E-state index contributed by atoms with van der Waals surface area (Å²) in [6, 6.07) is 0.609. The lowest BCUT2D eigenvalue weighted by Gasteiger charge is -2.37. The Morgan fingerprint density at radius 1 is 1.39 bits per heavy atom. The number of amidine groups is 1. The van der Waals surface area contributed by atoms with Gasteiger partial charge in [0.2, 0.25) is 0 Å². The van der Waals surface area contributed by atoms with Gasteiger partial charge in [0.15, 0.2) is 5.17 Å². The molecule has 0 amide bonds. The van der Waals surface area contributed by atoms with E-state index in [2.05, 4.69) is 41.1 Å². The van der Waals surface area contributed by atoms with Crippen LogP contribution in [0.15, 0.2) is 4.99 Å². The van der Waals surface area contributed by atoms with E-state index in [1.54, 1.807) is 0 Å². The van der Waals surface area contributed by atoms with Gasteiger partial charge in [0, 0.05) is 37.5 Å². The smallest absolute Gasteiger partial charge is 0.156 e. The monoisotopic (exact) mass is 270 g/mol. The molecule has 0 aromatic carbocycles. The van der Waals surface area contributed by atoms with Gasteiger partial charge in [0.1, 0.15) is 0 Å². The summed E-state index contributed by atoms with van der Waals surface area (Å²) >= 11 is 1.93. The highest BCUT2D eigenvalue weighted by Crippen LogP contribution is 2.23. The third-order valence-electron chi connectivity index (χ3n) is 3.80. The van der Waals surface area contributed by atoms with Crippen molar-refractivity contribution in [2.24, 2.45) is 4.99 Å². The van der Waals surface area contributed by atoms with Gasteiger partial charge in [0.25, 0.3) is 0 Å². The van der Waals surface area contributed by atoms with Crippen LogP contribution in [-0.2, 0) is 0 Å². The van der Waals surface area contributed by atoms with Gasteiger partial charge in [-0.2, -0.15) is 0 Å². The average Bonchev–Trinajstić information content (AvgIpc) is 2.79. The summed E-state index contributed by atoms with van der Waals surface area (Å²) < 4.78 is 0. The second kappa shape index (κ2) is 6.78. The third-order valence-corrected chi connectivity index (χ3v) is 5.01. The standard InChI is InChI=1S/C13H26N4S/c1-4-5-12-9-15-13(18-12)14-8-11-10-16(2)6-7-17(11)3/h11-12H,4-10H2,1-3H3,(H,14,15). The molecule has 2 aliphatic heterocycles. The number of nitrogens with zero attached hydrogens (tertiary/aromatic N) is 3. The molecule has 2 rings (SSSR count). The fourth-order valence-corrected chi connectivity index (χ4v) is 3.65. The van der Waals surface area contributed by atoms with Gasteiger partial charge in [-0.15, -0.1) is 0 Å². The molecule has 0 radical (unpaired) electrons. The van der Waals surface area contributed by atoms with Crippen LogP contribution in [0.4, 0.5) is 0 Å². The van der Waals surface area contributed by atoms with E-state index in [1.807, 2.05) is 11.8 Å². The number of thioether (sulfide) groups is 1. The van der Waals surface area contributed by atoms with Gasteiger partial charge < -0.3 is 10.2 Å². The molecule has 0 bridgehead atoms. The van der Waals surface area contributed by atoms with E-state index in [0.29, 0.717) is 11.3 Å². The molecule has 104 valence electrons. The zero-order valence-corrected chi connectivity index (χ0v) is 12.7. The minimum atomic E-state index is 0.609. The van der Waals surface area contributed by atoms with Gasteiger partial charge >= 0.3 is 0 Å². The molecule has 0 saturated carbocycles. The van der Waals surface area contributed by atoms with Crippen molar-refractivity contribution in [3.05, 3.63) is 0 Å². The Labute approximate surface area is 115 Å². The molecule has 1 fully saturated rings. The summed E-state index contributed by atoms with van der Waals surface area (Å²) in [7, 11) is 4.43. The summed E-state index contributed by atoms with van der Waals surface area (Å²) in [6.45, 7) is 7.77. The van der Waals surface area contributed by atoms with Gasteiger partial charge in [-0.3, -0.25) is 9.89 Å². The number of hydrogen-bond acceptors (Lipinski definition) is 5. The number of likely N-dealkylation sites (N-methyl/N-ethyl adjacent to an activating group) is 2. The van der Waals surface area contributed by atoms with E-state index in [1.165, 1.54) is 25.9 Å². The van der Waals surface area contributed by atoms with Gasteiger partial charge in [-0.1, -0.05) is 25.1 Å². The molecule has 0 spiro atoms. The lowest BCUT2D eigenvalue weighted by Crippen LogP contribution is -2.54. The van der Waals surface area contributed by atoms with Crippen molar-refractivity contribution in [1.82, 2.24) is 15.1 Å². The van der Waals surface area contributed by atoms with E-state index in [0.717, 1.165) is 24.8 Å².